The number of H-pyrrole nitrogens is 1. The highest BCUT2D eigenvalue weighted by Crippen LogP contribution is 2.48. The van der Waals surface area contributed by atoms with E-state index in [2.05, 4.69) is 10.3 Å². The summed E-state index contributed by atoms with van der Waals surface area (Å²) < 4.78 is 0. The van der Waals surface area contributed by atoms with Crippen molar-refractivity contribution in [1.82, 2.24) is 10.3 Å². The van der Waals surface area contributed by atoms with Crippen LogP contribution in [0.15, 0.2) is 30.5 Å². The van der Waals surface area contributed by atoms with Crippen LogP contribution in [-0.2, 0) is 0 Å². The van der Waals surface area contributed by atoms with E-state index in [9.17, 15) is 9.90 Å². The van der Waals surface area contributed by atoms with Crippen LogP contribution in [0.2, 0.25) is 0 Å². The Balaban J connectivity index is 1.55. The van der Waals surface area contributed by atoms with E-state index in [1.54, 1.807) is 0 Å². The highest BCUT2D eigenvalue weighted by molar-refractivity contribution is 5.98. The molecule has 4 heteroatoms. The van der Waals surface area contributed by atoms with Gasteiger partial charge in [0.1, 0.15) is 0 Å². The van der Waals surface area contributed by atoms with Crippen molar-refractivity contribution in [2.45, 2.75) is 25.3 Å². The first kappa shape index (κ1) is 12.9. The molecule has 2 fully saturated rings. The number of aliphatic hydroxyl groups is 1. The Bertz CT molecular complexity index is 678. The van der Waals surface area contributed by atoms with Crippen molar-refractivity contribution in [3.05, 3.63) is 36.0 Å². The molecule has 1 aromatic carbocycles. The minimum Gasteiger partial charge on any atom is -0.396 e. The Morgan fingerprint density at radius 1 is 1.29 bits per heavy atom. The molecule has 2 saturated carbocycles. The van der Waals surface area contributed by atoms with E-state index in [4.69, 9.17) is 0 Å². The molecule has 1 heterocycles. The first-order valence-electron chi connectivity index (χ1n) is 7.75. The van der Waals surface area contributed by atoms with Crippen LogP contribution in [0, 0.1) is 17.8 Å². The number of nitrogens with one attached hydrogen (secondary N) is 2. The van der Waals surface area contributed by atoms with E-state index >= 15 is 0 Å². The van der Waals surface area contributed by atoms with Gasteiger partial charge >= 0.3 is 0 Å². The number of carbonyl (C=O) groups excluding carboxylic acids is 1. The Morgan fingerprint density at radius 3 is 3.00 bits per heavy atom. The summed E-state index contributed by atoms with van der Waals surface area (Å²) in [6, 6.07) is 7.83. The van der Waals surface area contributed by atoms with E-state index in [0.29, 0.717) is 17.4 Å². The van der Waals surface area contributed by atoms with Crippen LogP contribution in [0.1, 0.15) is 29.6 Å². The lowest BCUT2D eigenvalue weighted by Crippen LogP contribution is -2.45. The monoisotopic (exact) mass is 284 g/mol. The van der Waals surface area contributed by atoms with Crippen molar-refractivity contribution in [2.75, 3.05) is 6.61 Å². The maximum atomic E-state index is 12.5. The molecule has 2 aliphatic rings. The molecule has 4 unspecified atom stereocenters. The fraction of sp³-hybridized carbons (Fsp3) is 0.471. The molecule has 21 heavy (non-hydrogen) atoms. The van der Waals surface area contributed by atoms with Gasteiger partial charge in [-0.05, 0) is 55.4 Å². The minimum atomic E-state index is -0.0194. The zero-order valence-corrected chi connectivity index (χ0v) is 11.9. The first-order valence-corrected chi connectivity index (χ1v) is 7.75. The fourth-order valence-electron chi connectivity index (χ4n) is 4.33. The summed E-state index contributed by atoms with van der Waals surface area (Å²) in [5, 5.41) is 13.8. The summed E-state index contributed by atoms with van der Waals surface area (Å²) in [7, 11) is 0. The van der Waals surface area contributed by atoms with Gasteiger partial charge in [0.25, 0.3) is 5.91 Å². The van der Waals surface area contributed by atoms with Gasteiger partial charge < -0.3 is 15.4 Å². The van der Waals surface area contributed by atoms with Crippen molar-refractivity contribution >= 4 is 16.8 Å². The summed E-state index contributed by atoms with van der Waals surface area (Å²) in [4.78, 5) is 15.6. The van der Waals surface area contributed by atoms with Gasteiger partial charge in [0, 0.05) is 41.2 Å². The number of amides is 1. The standard InChI is InChI=1S/C17H20N2O2/c20-9-14-10-1-2-12(7-10)16(14)19-17(21)13-3-4-15-11(8-13)5-6-18-15/h3-6,8,10,12,14,16,18,20H,1-2,7,9H2,(H,19,21). The third kappa shape index (κ3) is 2.05. The molecule has 4 rings (SSSR count). The van der Waals surface area contributed by atoms with Crippen molar-refractivity contribution in [1.29, 1.82) is 0 Å². The van der Waals surface area contributed by atoms with Gasteiger partial charge in [0.15, 0.2) is 0 Å². The molecule has 0 saturated heterocycles. The van der Waals surface area contributed by atoms with E-state index in [-0.39, 0.29) is 24.5 Å². The number of aliphatic hydroxyl groups excluding tert-OH is 1. The molecule has 0 aliphatic heterocycles. The Labute approximate surface area is 123 Å². The van der Waals surface area contributed by atoms with Gasteiger partial charge in [-0.1, -0.05) is 0 Å². The minimum absolute atomic E-state index is 0.0194. The largest absolute Gasteiger partial charge is 0.396 e. The number of aromatic nitrogens is 1. The van der Waals surface area contributed by atoms with E-state index in [1.165, 1.54) is 12.8 Å². The number of hydrogen-bond donors (Lipinski definition) is 3. The van der Waals surface area contributed by atoms with Crippen LogP contribution in [-0.4, -0.2) is 28.6 Å². The summed E-state index contributed by atoms with van der Waals surface area (Å²) in [5.41, 5.74) is 1.74. The van der Waals surface area contributed by atoms with Crippen LogP contribution in [0.5, 0.6) is 0 Å². The quantitative estimate of drug-likeness (QED) is 0.809. The summed E-state index contributed by atoms with van der Waals surface area (Å²) in [6.07, 6.45) is 5.43. The van der Waals surface area contributed by atoms with Crippen molar-refractivity contribution in [3.8, 4) is 0 Å². The second-order valence-corrected chi connectivity index (χ2v) is 6.46. The van der Waals surface area contributed by atoms with Crippen LogP contribution in [0.3, 0.4) is 0 Å². The molecule has 0 radical (unpaired) electrons. The highest BCUT2D eigenvalue weighted by Gasteiger charge is 2.47. The number of benzene rings is 1. The SMILES string of the molecule is O=C(NC1C2CCC(C2)C1CO)c1ccc2[nH]ccc2c1. The van der Waals surface area contributed by atoms with Crippen LogP contribution >= 0.6 is 0 Å². The Morgan fingerprint density at radius 2 is 2.14 bits per heavy atom. The first-order chi connectivity index (χ1) is 10.3. The van der Waals surface area contributed by atoms with Crippen LogP contribution in [0.4, 0.5) is 0 Å². The second-order valence-electron chi connectivity index (χ2n) is 6.46. The molecule has 4 nitrogen and oxygen atoms in total. The van der Waals surface area contributed by atoms with E-state index in [1.807, 2.05) is 30.5 Å². The molecule has 1 amide bonds. The third-order valence-electron chi connectivity index (χ3n) is 5.41. The summed E-state index contributed by atoms with van der Waals surface area (Å²) >= 11 is 0. The van der Waals surface area contributed by atoms with Crippen molar-refractivity contribution in [2.24, 2.45) is 17.8 Å². The number of carbonyl (C=O) groups is 1. The van der Waals surface area contributed by atoms with Gasteiger partial charge in [-0.2, -0.15) is 0 Å². The lowest BCUT2D eigenvalue weighted by Gasteiger charge is -2.30. The Kier molecular flexibility index (Phi) is 3.00. The van der Waals surface area contributed by atoms with Gasteiger partial charge in [0.2, 0.25) is 0 Å². The van der Waals surface area contributed by atoms with Crippen LogP contribution in [0.25, 0.3) is 10.9 Å². The second kappa shape index (κ2) is 4.88. The topological polar surface area (TPSA) is 65.1 Å². The van der Waals surface area contributed by atoms with Gasteiger partial charge in [-0.15, -0.1) is 0 Å². The lowest BCUT2D eigenvalue weighted by atomic mass is 9.85. The van der Waals surface area contributed by atoms with E-state index < -0.39 is 0 Å². The molecule has 110 valence electrons. The molecule has 2 bridgehead atoms. The molecule has 4 atom stereocenters. The molecule has 3 N–H and O–H groups in total. The zero-order chi connectivity index (χ0) is 14.4. The van der Waals surface area contributed by atoms with E-state index in [0.717, 1.165) is 17.3 Å². The predicted molar refractivity (Wildman–Crippen MR) is 81.0 cm³/mol. The normalized spacial score (nSPS) is 30.9. The maximum Gasteiger partial charge on any atom is 0.251 e. The molecular weight excluding hydrogens is 264 g/mol. The van der Waals surface area contributed by atoms with Crippen molar-refractivity contribution < 1.29 is 9.90 Å². The number of hydrogen-bond acceptors (Lipinski definition) is 2. The summed E-state index contributed by atoms with van der Waals surface area (Å²) in [5.74, 6) is 1.36. The lowest BCUT2D eigenvalue weighted by molar-refractivity contribution is 0.0861. The number of fused-ring (bicyclic) bond motifs is 3. The molecule has 0 spiro atoms. The average molecular weight is 284 g/mol. The predicted octanol–water partition coefficient (Wildman–Crippen LogP) is 2.30. The zero-order valence-electron chi connectivity index (χ0n) is 11.9. The number of aromatic amines is 1. The van der Waals surface area contributed by atoms with Gasteiger partial charge in [-0.3, -0.25) is 4.79 Å². The van der Waals surface area contributed by atoms with Gasteiger partial charge in [-0.25, -0.2) is 0 Å². The maximum absolute atomic E-state index is 12.5. The van der Waals surface area contributed by atoms with Crippen LogP contribution < -0.4 is 5.32 Å². The van der Waals surface area contributed by atoms with Gasteiger partial charge in [0.05, 0.1) is 0 Å². The fourth-order valence-corrected chi connectivity index (χ4v) is 4.33. The highest BCUT2D eigenvalue weighted by atomic mass is 16.3. The molecule has 1 aromatic heterocycles. The molecule has 2 aromatic rings. The van der Waals surface area contributed by atoms with Crippen molar-refractivity contribution in [3.63, 3.8) is 0 Å². The molecular formula is C17H20N2O2. The Hall–Kier alpha value is -1.81. The molecule has 2 aliphatic carbocycles. The third-order valence-corrected chi connectivity index (χ3v) is 5.41. The average Bonchev–Trinajstić information content (AvgIpc) is 3.21. The summed E-state index contributed by atoms with van der Waals surface area (Å²) in [6.45, 7) is 0.183. The smallest absolute Gasteiger partial charge is 0.251 e. The number of rotatable bonds is 3.